The fraction of sp³-hybridized carbons (Fsp3) is 0.500. The molecule has 0 spiro atoms. The van der Waals surface area contributed by atoms with Gasteiger partial charge in [0.15, 0.2) is 0 Å². The smallest absolute Gasteiger partial charge is 0.227 e. The summed E-state index contributed by atoms with van der Waals surface area (Å²) in [4.78, 5) is 29.6. The number of nitrogens with one attached hydrogen (secondary N) is 1. The summed E-state index contributed by atoms with van der Waals surface area (Å²) in [5.74, 6) is 0.805. The quantitative estimate of drug-likeness (QED) is 0.607. The van der Waals surface area contributed by atoms with Gasteiger partial charge in [-0.05, 0) is 50.6 Å². The van der Waals surface area contributed by atoms with Gasteiger partial charge in [0, 0.05) is 42.7 Å². The summed E-state index contributed by atoms with van der Waals surface area (Å²) in [6, 6.07) is 15.6. The van der Waals surface area contributed by atoms with Crippen molar-refractivity contribution < 1.29 is 19.4 Å². The van der Waals surface area contributed by atoms with Crippen LogP contribution in [0.5, 0.6) is 5.75 Å². The van der Waals surface area contributed by atoms with Gasteiger partial charge >= 0.3 is 0 Å². The second kappa shape index (κ2) is 11.2. The Kier molecular flexibility index (Phi) is 8.08. The fourth-order valence-electron chi connectivity index (χ4n) is 4.58. The highest BCUT2D eigenvalue weighted by Crippen LogP contribution is 2.32. The molecule has 4 rings (SSSR count). The first kappa shape index (κ1) is 25.2. The first-order valence-electron chi connectivity index (χ1n) is 12.6. The van der Waals surface area contributed by atoms with Crippen molar-refractivity contribution in [3.05, 3.63) is 59.7 Å². The Morgan fingerprint density at radius 1 is 1.23 bits per heavy atom. The van der Waals surface area contributed by atoms with E-state index in [1.165, 1.54) is 5.56 Å². The van der Waals surface area contributed by atoms with Crippen LogP contribution in [0, 0.1) is 11.8 Å². The predicted octanol–water partition coefficient (Wildman–Crippen LogP) is 3.32. The lowest BCUT2D eigenvalue weighted by molar-refractivity contribution is -0.134. The molecule has 2 aliphatic rings. The van der Waals surface area contributed by atoms with Crippen LogP contribution >= 0.6 is 0 Å². The van der Waals surface area contributed by atoms with E-state index in [0.717, 1.165) is 24.9 Å². The lowest BCUT2D eigenvalue weighted by Gasteiger charge is -2.34. The van der Waals surface area contributed by atoms with Crippen LogP contribution in [0.2, 0.25) is 0 Å². The van der Waals surface area contributed by atoms with Crippen molar-refractivity contribution in [3.8, 4) is 5.75 Å². The van der Waals surface area contributed by atoms with Crippen LogP contribution in [0.4, 0.5) is 5.69 Å². The zero-order valence-corrected chi connectivity index (χ0v) is 20.9. The Hall–Kier alpha value is -2.90. The maximum absolute atomic E-state index is 13.3. The number of amides is 2. The minimum atomic E-state index is -0.285. The monoisotopic (exact) mass is 479 g/mol. The maximum Gasteiger partial charge on any atom is 0.227 e. The zero-order valence-electron chi connectivity index (χ0n) is 20.9. The maximum atomic E-state index is 13.3. The SMILES string of the molecule is C[C@H](CO)N1C[C@H](C)[C@H](CN(C)Cc2ccccc2)Oc2ccc(NC(=O)C3CC3)cc2CC1=O. The Bertz CT molecular complexity index is 1020. The van der Waals surface area contributed by atoms with Crippen LogP contribution in [0.25, 0.3) is 0 Å². The number of benzene rings is 2. The number of carbonyl (C=O) groups excluding carboxylic acids is 2. The van der Waals surface area contributed by atoms with Gasteiger partial charge in [-0.25, -0.2) is 0 Å². The van der Waals surface area contributed by atoms with Crippen LogP contribution in [-0.4, -0.2) is 65.6 Å². The van der Waals surface area contributed by atoms with Crippen LogP contribution < -0.4 is 10.1 Å². The molecule has 188 valence electrons. The second-order valence-electron chi connectivity index (χ2n) is 10.2. The molecule has 1 heterocycles. The van der Waals surface area contributed by atoms with Crippen LogP contribution in [0.3, 0.4) is 0 Å². The van der Waals surface area contributed by atoms with Crippen molar-refractivity contribution in [2.24, 2.45) is 11.8 Å². The summed E-state index contributed by atoms with van der Waals surface area (Å²) in [5.41, 5.74) is 2.67. The van der Waals surface area contributed by atoms with Gasteiger partial charge in [-0.15, -0.1) is 0 Å². The summed E-state index contributed by atoms with van der Waals surface area (Å²) < 4.78 is 6.57. The Balaban J connectivity index is 1.58. The van der Waals surface area contributed by atoms with Crippen molar-refractivity contribution in [1.29, 1.82) is 0 Å². The van der Waals surface area contributed by atoms with Crippen LogP contribution in [0.1, 0.15) is 37.8 Å². The number of hydrogen-bond acceptors (Lipinski definition) is 5. The molecule has 0 aromatic heterocycles. The third-order valence-corrected chi connectivity index (χ3v) is 6.92. The predicted molar refractivity (Wildman–Crippen MR) is 136 cm³/mol. The van der Waals surface area contributed by atoms with Gasteiger partial charge in [-0.2, -0.15) is 0 Å². The molecule has 1 fully saturated rings. The average molecular weight is 480 g/mol. The van der Waals surface area contributed by atoms with Gasteiger partial charge in [-0.1, -0.05) is 37.3 Å². The van der Waals surface area contributed by atoms with Crippen molar-refractivity contribution >= 4 is 17.5 Å². The summed E-state index contributed by atoms with van der Waals surface area (Å²) in [6.07, 6.45) is 1.87. The molecule has 2 aromatic rings. The number of ether oxygens (including phenoxy) is 1. The highest BCUT2D eigenvalue weighted by molar-refractivity contribution is 5.94. The largest absolute Gasteiger partial charge is 0.488 e. The molecule has 3 atom stereocenters. The third kappa shape index (κ3) is 6.61. The number of carbonyl (C=O) groups is 2. The second-order valence-corrected chi connectivity index (χ2v) is 10.2. The lowest BCUT2D eigenvalue weighted by atomic mass is 10.0. The van der Waals surface area contributed by atoms with Gasteiger partial charge < -0.3 is 20.1 Å². The molecule has 1 saturated carbocycles. The number of aliphatic hydroxyl groups excluding tert-OH is 1. The third-order valence-electron chi connectivity index (χ3n) is 6.92. The highest BCUT2D eigenvalue weighted by Gasteiger charge is 2.32. The molecule has 7 nitrogen and oxygen atoms in total. The molecular weight excluding hydrogens is 442 g/mol. The van der Waals surface area contributed by atoms with Gasteiger partial charge in [0.05, 0.1) is 19.1 Å². The van der Waals surface area contributed by atoms with E-state index in [9.17, 15) is 14.7 Å². The molecule has 1 aliphatic heterocycles. The van der Waals surface area contributed by atoms with Crippen molar-refractivity contribution in [3.63, 3.8) is 0 Å². The Morgan fingerprint density at radius 3 is 2.66 bits per heavy atom. The number of hydrogen-bond donors (Lipinski definition) is 2. The van der Waals surface area contributed by atoms with Crippen molar-refractivity contribution in [2.45, 2.75) is 51.8 Å². The first-order valence-corrected chi connectivity index (χ1v) is 12.6. The van der Waals surface area contributed by atoms with E-state index in [-0.39, 0.29) is 48.8 Å². The minimum absolute atomic E-state index is 0.0322. The number of nitrogens with zero attached hydrogens (tertiary/aromatic N) is 2. The molecule has 7 heteroatoms. The van der Waals surface area contributed by atoms with Gasteiger partial charge in [0.2, 0.25) is 11.8 Å². The van der Waals surface area contributed by atoms with E-state index < -0.39 is 0 Å². The zero-order chi connectivity index (χ0) is 24.9. The summed E-state index contributed by atoms with van der Waals surface area (Å²) >= 11 is 0. The van der Waals surface area contributed by atoms with E-state index in [0.29, 0.717) is 24.5 Å². The van der Waals surface area contributed by atoms with E-state index in [1.54, 1.807) is 4.90 Å². The molecule has 0 unspecified atom stereocenters. The molecule has 35 heavy (non-hydrogen) atoms. The number of anilines is 1. The van der Waals surface area contributed by atoms with E-state index in [4.69, 9.17) is 4.74 Å². The van der Waals surface area contributed by atoms with Crippen molar-refractivity contribution in [2.75, 3.05) is 32.1 Å². The van der Waals surface area contributed by atoms with E-state index >= 15 is 0 Å². The van der Waals surface area contributed by atoms with Gasteiger partial charge in [0.25, 0.3) is 0 Å². The topological polar surface area (TPSA) is 82.1 Å². The molecule has 2 amide bonds. The fourth-order valence-corrected chi connectivity index (χ4v) is 4.58. The molecule has 2 N–H and O–H groups in total. The molecule has 0 saturated heterocycles. The van der Waals surface area contributed by atoms with E-state index in [2.05, 4.69) is 36.3 Å². The molecule has 1 aliphatic carbocycles. The van der Waals surface area contributed by atoms with Crippen LogP contribution in [0.15, 0.2) is 48.5 Å². The summed E-state index contributed by atoms with van der Waals surface area (Å²) in [5, 5.41) is 12.8. The molecular formula is C28H37N3O4. The highest BCUT2D eigenvalue weighted by atomic mass is 16.5. The summed E-state index contributed by atoms with van der Waals surface area (Å²) in [7, 11) is 2.08. The molecule has 2 aromatic carbocycles. The number of fused-ring (bicyclic) bond motifs is 1. The molecule has 0 radical (unpaired) electrons. The van der Waals surface area contributed by atoms with E-state index in [1.807, 2.05) is 43.3 Å². The first-order chi connectivity index (χ1) is 16.8. The lowest BCUT2D eigenvalue weighted by Crippen LogP contribution is -2.47. The Morgan fingerprint density at radius 2 is 1.97 bits per heavy atom. The molecule has 0 bridgehead atoms. The van der Waals surface area contributed by atoms with Crippen molar-refractivity contribution in [1.82, 2.24) is 9.80 Å². The summed E-state index contributed by atoms with van der Waals surface area (Å²) in [6.45, 7) is 5.85. The average Bonchev–Trinajstić information content (AvgIpc) is 3.68. The minimum Gasteiger partial charge on any atom is -0.488 e. The number of rotatable bonds is 8. The Labute approximate surface area is 208 Å². The number of aliphatic hydroxyl groups is 1. The number of likely N-dealkylation sites (N-methyl/N-ethyl adjacent to an activating group) is 1. The normalized spacial score (nSPS) is 21.4. The van der Waals surface area contributed by atoms with Gasteiger partial charge in [0.1, 0.15) is 11.9 Å². The standard InChI is InChI=1S/C28H37N3O4/c1-19-15-31(20(2)18-32)27(33)14-23-13-24(29-28(34)22-9-10-22)11-12-25(23)35-26(19)17-30(3)16-21-7-5-4-6-8-21/h4-8,11-13,19-20,22,26,32H,9-10,14-18H2,1-3H3,(H,29,34)/t19-,20+,26-/m0/s1. The van der Waals surface area contributed by atoms with Gasteiger partial charge in [-0.3, -0.25) is 14.5 Å². The van der Waals surface area contributed by atoms with Crippen LogP contribution in [-0.2, 0) is 22.6 Å².